The summed E-state index contributed by atoms with van der Waals surface area (Å²) >= 11 is 0. The van der Waals surface area contributed by atoms with Gasteiger partial charge in [-0.2, -0.15) is 4.91 Å². The first kappa shape index (κ1) is 15.2. The van der Waals surface area contributed by atoms with E-state index in [1.165, 1.54) is 18.5 Å². The first-order valence-electron chi connectivity index (χ1n) is 8.85. The number of rotatable bonds is 8. The lowest BCUT2D eigenvalue weighted by Crippen LogP contribution is -2.31. The van der Waals surface area contributed by atoms with Gasteiger partial charge in [0.15, 0.2) is 0 Å². The van der Waals surface area contributed by atoms with Gasteiger partial charge in [0, 0.05) is 6.54 Å². The van der Waals surface area contributed by atoms with Crippen LogP contribution in [-0.2, 0) is 0 Å². The van der Waals surface area contributed by atoms with Gasteiger partial charge in [0.1, 0.15) is 6.04 Å². The van der Waals surface area contributed by atoms with Crippen molar-refractivity contribution in [2.45, 2.75) is 31.7 Å². The monoisotopic (exact) mass is 321 g/mol. The van der Waals surface area contributed by atoms with Crippen molar-refractivity contribution in [1.82, 2.24) is 0 Å². The number of hydrazine groups is 1. The molecule has 1 atom stereocenters. The maximum atomic E-state index is 11.2. The van der Waals surface area contributed by atoms with Crippen LogP contribution < -0.4 is 10.4 Å². The van der Waals surface area contributed by atoms with Crippen LogP contribution >= 0.6 is 0 Å². The van der Waals surface area contributed by atoms with E-state index in [-0.39, 0.29) is 6.04 Å². The van der Waals surface area contributed by atoms with Gasteiger partial charge >= 0.3 is 0 Å². The highest BCUT2D eigenvalue weighted by Crippen LogP contribution is 2.43. The molecule has 4 heteroatoms. The molecule has 0 amide bonds. The molecular formula is C20H23N3O. The van der Waals surface area contributed by atoms with Crippen LogP contribution in [0.2, 0.25) is 0 Å². The molecule has 1 N–H and O–H groups in total. The third kappa shape index (κ3) is 3.58. The molecule has 0 aliphatic heterocycles. The Hall–Kier alpha value is -2.36. The lowest BCUT2D eigenvalue weighted by Gasteiger charge is -2.27. The largest absolute Gasteiger partial charge is 0.298 e. The Labute approximate surface area is 142 Å². The zero-order chi connectivity index (χ0) is 16.4. The van der Waals surface area contributed by atoms with E-state index >= 15 is 0 Å². The van der Waals surface area contributed by atoms with Crippen molar-refractivity contribution in [3.8, 4) is 0 Å². The van der Waals surface area contributed by atoms with Crippen LogP contribution in [0.25, 0.3) is 0 Å². The minimum Gasteiger partial charge on any atom is -0.298 e. The Morgan fingerprint density at radius 3 is 2.50 bits per heavy atom. The van der Waals surface area contributed by atoms with Gasteiger partial charge in [-0.25, -0.2) is 0 Å². The van der Waals surface area contributed by atoms with Crippen molar-refractivity contribution >= 4 is 11.4 Å². The van der Waals surface area contributed by atoms with E-state index in [0.717, 1.165) is 36.6 Å². The number of hydrogen-bond donors (Lipinski definition) is 1. The molecule has 0 saturated heterocycles. The molecule has 2 fully saturated rings. The second-order valence-corrected chi connectivity index (χ2v) is 7.01. The van der Waals surface area contributed by atoms with Crippen LogP contribution in [0.4, 0.5) is 11.4 Å². The van der Waals surface area contributed by atoms with E-state index in [9.17, 15) is 4.91 Å². The van der Waals surface area contributed by atoms with E-state index < -0.39 is 0 Å². The van der Waals surface area contributed by atoms with Crippen LogP contribution in [0.15, 0.2) is 59.8 Å². The predicted molar refractivity (Wildman–Crippen MR) is 97.8 cm³/mol. The van der Waals surface area contributed by atoms with Gasteiger partial charge in [-0.15, -0.1) is 0 Å². The van der Waals surface area contributed by atoms with E-state index in [4.69, 9.17) is 0 Å². The van der Waals surface area contributed by atoms with E-state index in [1.54, 1.807) is 0 Å². The topological polar surface area (TPSA) is 44.7 Å². The Morgan fingerprint density at radius 1 is 1.04 bits per heavy atom. The molecule has 2 aromatic rings. The first-order chi connectivity index (χ1) is 11.8. The van der Waals surface area contributed by atoms with Gasteiger partial charge in [-0.3, -0.25) is 10.4 Å². The van der Waals surface area contributed by atoms with E-state index in [2.05, 4.69) is 52.0 Å². The number of anilines is 2. The highest BCUT2D eigenvalue weighted by Gasteiger charge is 2.33. The Morgan fingerprint density at radius 2 is 1.83 bits per heavy atom. The average Bonchev–Trinajstić information content (AvgIpc) is 3.51. The molecule has 0 spiro atoms. The summed E-state index contributed by atoms with van der Waals surface area (Å²) in [5, 5.41) is 5.59. The molecule has 1 unspecified atom stereocenters. The summed E-state index contributed by atoms with van der Waals surface area (Å²) in [5.41, 5.74) is 6.75. The molecule has 124 valence electrons. The summed E-state index contributed by atoms with van der Waals surface area (Å²) in [7, 11) is 0. The predicted octanol–water partition coefficient (Wildman–Crippen LogP) is 5.15. The third-order valence-corrected chi connectivity index (χ3v) is 4.88. The molecule has 2 aromatic carbocycles. The lowest BCUT2D eigenvalue weighted by atomic mass is 10.0. The van der Waals surface area contributed by atoms with Crippen molar-refractivity contribution in [3.05, 3.63) is 65.1 Å². The fraction of sp³-hybridized carbons (Fsp3) is 0.400. The molecule has 2 saturated carbocycles. The maximum absolute atomic E-state index is 11.2. The van der Waals surface area contributed by atoms with Gasteiger partial charge in [-0.05, 0) is 67.3 Å². The first-order valence-corrected chi connectivity index (χ1v) is 8.85. The minimum atomic E-state index is -0.194. The van der Waals surface area contributed by atoms with Crippen molar-refractivity contribution < 1.29 is 0 Å². The van der Waals surface area contributed by atoms with Crippen LogP contribution in [0.3, 0.4) is 0 Å². The number of nitroso groups, excluding NO2 is 1. The van der Waals surface area contributed by atoms with Gasteiger partial charge in [-0.1, -0.05) is 35.5 Å². The fourth-order valence-corrected chi connectivity index (χ4v) is 3.16. The van der Waals surface area contributed by atoms with Crippen molar-refractivity contribution in [3.63, 3.8) is 0 Å². The normalized spacial score (nSPS) is 18.0. The van der Waals surface area contributed by atoms with Gasteiger partial charge in [0.05, 0.1) is 11.4 Å². The summed E-state index contributed by atoms with van der Waals surface area (Å²) in [6, 6.07) is 18.4. The number of hydrogen-bond acceptors (Lipinski definition) is 4. The zero-order valence-corrected chi connectivity index (χ0v) is 13.8. The lowest BCUT2D eigenvalue weighted by molar-refractivity contribution is 0.631. The highest BCUT2D eigenvalue weighted by molar-refractivity contribution is 5.56. The summed E-state index contributed by atoms with van der Waals surface area (Å²) in [6.45, 7) is 1.01. The number of para-hydroxylation sites is 1. The second kappa shape index (κ2) is 6.63. The second-order valence-electron chi connectivity index (χ2n) is 7.01. The zero-order valence-electron chi connectivity index (χ0n) is 13.8. The van der Waals surface area contributed by atoms with Gasteiger partial charge in [0.25, 0.3) is 0 Å². The molecule has 4 rings (SSSR count). The molecule has 0 aromatic heterocycles. The third-order valence-electron chi connectivity index (χ3n) is 4.88. The van der Waals surface area contributed by atoms with E-state index in [0.29, 0.717) is 5.92 Å². The summed E-state index contributed by atoms with van der Waals surface area (Å²) in [6.07, 6.45) is 4.85. The van der Waals surface area contributed by atoms with Crippen molar-refractivity contribution in [1.29, 1.82) is 0 Å². The smallest absolute Gasteiger partial charge is 0.120 e. The molecule has 0 bridgehead atoms. The highest BCUT2D eigenvalue weighted by atomic mass is 16.3. The minimum absolute atomic E-state index is 0.194. The molecule has 2 aliphatic rings. The van der Waals surface area contributed by atoms with E-state index in [1.807, 2.05) is 18.2 Å². The SMILES string of the molecule is O=NC(c1cccc(NN(CC2CC2)c2ccccc2)c1)C1CC1. The fourth-order valence-electron chi connectivity index (χ4n) is 3.16. The van der Waals surface area contributed by atoms with Crippen molar-refractivity contribution in [2.75, 3.05) is 17.0 Å². The van der Waals surface area contributed by atoms with Crippen LogP contribution in [0.1, 0.15) is 37.3 Å². The number of nitrogens with one attached hydrogen (secondary N) is 1. The standard InChI is InChI=1S/C20H23N3O/c24-22-20(16-11-12-16)17-5-4-6-18(13-17)21-23(14-15-9-10-15)19-7-2-1-3-8-19/h1-8,13,15-16,20-21H,9-12,14H2. The van der Waals surface area contributed by atoms with Crippen molar-refractivity contribution in [2.24, 2.45) is 17.0 Å². The average molecular weight is 321 g/mol. The Balaban J connectivity index is 1.54. The molecular weight excluding hydrogens is 298 g/mol. The van der Waals surface area contributed by atoms with Gasteiger partial charge in [0.2, 0.25) is 0 Å². The Bertz CT molecular complexity index is 695. The summed E-state index contributed by atoms with van der Waals surface area (Å²) in [4.78, 5) is 11.2. The summed E-state index contributed by atoms with van der Waals surface area (Å²) in [5.74, 6) is 1.21. The Kier molecular flexibility index (Phi) is 4.20. The molecule has 0 heterocycles. The molecule has 0 radical (unpaired) electrons. The molecule has 4 nitrogen and oxygen atoms in total. The van der Waals surface area contributed by atoms with Gasteiger partial charge < -0.3 is 0 Å². The summed E-state index contributed by atoms with van der Waals surface area (Å²) < 4.78 is 0. The molecule has 2 aliphatic carbocycles. The number of nitrogens with zero attached hydrogens (tertiary/aromatic N) is 2. The quantitative estimate of drug-likeness (QED) is 0.540. The van der Waals surface area contributed by atoms with Crippen LogP contribution in [-0.4, -0.2) is 6.54 Å². The molecule has 24 heavy (non-hydrogen) atoms. The van der Waals surface area contributed by atoms with Crippen LogP contribution in [0.5, 0.6) is 0 Å². The van der Waals surface area contributed by atoms with Crippen LogP contribution in [0, 0.1) is 16.7 Å². The number of benzene rings is 2. The maximum Gasteiger partial charge on any atom is 0.120 e.